The summed E-state index contributed by atoms with van der Waals surface area (Å²) < 4.78 is 4.69. The standard InChI is InChI=1S/C9H10N2OS/c1-12-9(13)11-10-7-8-5-3-2-4-6-8/h2-7H,1H3,(H,11,13). The second kappa shape index (κ2) is 5.27. The summed E-state index contributed by atoms with van der Waals surface area (Å²) in [6.45, 7) is 0. The Labute approximate surface area is 82.4 Å². The van der Waals surface area contributed by atoms with E-state index in [0.29, 0.717) is 0 Å². The van der Waals surface area contributed by atoms with E-state index < -0.39 is 0 Å². The predicted molar refractivity (Wildman–Crippen MR) is 56.8 cm³/mol. The lowest BCUT2D eigenvalue weighted by Gasteiger charge is -1.98. The van der Waals surface area contributed by atoms with Gasteiger partial charge in [-0.05, 0) is 17.8 Å². The number of hydrogen-bond acceptors (Lipinski definition) is 3. The minimum atomic E-state index is 0.257. The highest BCUT2D eigenvalue weighted by molar-refractivity contribution is 7.80. The summed E-state index contributed by atoms with van der Waals surface area (Å²) in [6.07, 6.45) is 1.67. The summed E-state index contributed by atoms with van der Waals surface area (Å²) in [5.74, 6) is 0. The summed E-state index contributed by atoms with van der Waals surface area (Å²) in [5, 5.41) is 4.13. The molecular weight excluding hydrogens is 184 g/mol. The molecule has 0 spiro atoms. The van der Waals surface area contributed by atoms with Crippen molar-refractivity contribution in [3.8, 4) is 0 Å². The number of methoxy groups -OCH3 is 1. The lowest BCUT2D eigenvalue weighted by molar-refractivity contribution is 0.395. The molecule has 0 aromatic heterocycles. The zero-order valence-electron chi connectivity index (χ0n) is 7.23. The van der Waals surface area contributed by atoms with Gasteiger partial charge in [0.15, 0.2) is 0 Å². The molecule has 0 aliphatic heterocycles. The number of nitrogens with one attached hydrogen (secondary N) is 1. The second-order valence-corrected chi connectivity index (χ2v) is 2.64. The van der Waals surface area contributed by atoms with Crippen molar-refractivity contribution < 1.29 is 4.74 Å². The number of rotatable bonds is 2. The van der Waals surface area contributed by atoms with Gasteiger partial charge in [0.25, 0.3) is 5.17 Å². The van der Waals surface area contributed by atoms with Crippen LogP contribution in [0.25, 0.3) is 0 Å². The first-order chi connectivity index (χ1) is 6.33. The molecule has 68 valence electrons. The molecule has 0 radical (unpaired) electrons. The highest BCUT2D eigenvalue weighted by Gasteiger charge is 1.87. The fourth-order valence-electron chi connectivity index (χ4n) is 0.744. The lowest BCUT2D eigenvalue weighted by atomic mass is 10.2. The third kappa shape index (κ3) is 3.66. The maximum absolute atomic E-state index is 4.72. The van der Waals surface area contributed by atoms with Gasteiger partial charge >= 0.3 is 0 Å². The molecular formula is C9H10N2OS. The van der Waals surface area contributed by atoms with Crippen LogP contribution in [0.5, 0.6) is 0 Å². The van der Waals surface area contributed by atoms with Crippen LogP contribution in [-0.4, -0.2) is 18.5 Å². The Kier molecular flexibility index (Phi) is 3.92. The van der Waals surface area contributed by atoms with E-state index >= 15 is 0 Å². The van der Waals surface area contributed by atoms with Gasteiger partial charge in [0, 0.05) is 0 Å². The normalized spacial score (nSPS) is 9.92. The molecule has 1 aromatic rings. The van der Waals surface area contributed by atoms with Crippen LogP contribution in [0.4, 0.5) is 0 Å². The third-order valence-electron chi connectivity index (χ3n) is 1.35. The molecule has 0 unspecified atom stereocenters. The van der Waals surface area contributed by atoms with Gasteiger partial charge in [0.05, 0.1) is 13.3 Å². The SMILES string of the molecule is COC(=S)NN=Cc1ccccc1. The van der Waals surface area contributed by atoms with Crippen LogP contribution < -0.4 is 5.43 Å². The molecule has 1 aromatic carbocycles. The summed E-state index contributed by atoms with van der Waals surface area (Å²) in [5.41, 5.74) is 3.57. The summed E-state index contributed by atoms with van der Waals surface area (Å²) in [4.78, 5) is 0. The quantitative estimate of drug-likeness (QED) is 0.440. The van der Waals surface area contributed by atoms with Crippen molar-refractivity contribution in [3.05, 3.63) is 35.9 Å². The van der Waals surface area contributed by atoms with E-state index in [9.17, 15) is 0 Å². The highest BCUT2D eigenvalue weighted by atomic mass is 32.1. The Bertz CT molecular complexity index is 298. The number of benzene rings is 1. The van der Waals surface area contributed by atoms with Crippen LogP contribution in [0.15, 0.2) is 35.4 Å². The summed E-state index contributed by atoms with van der Waals surface area (Å²) >= 11 is 4.72. The molecule has 1 N–H and O–H groups in total. The molecule has 0 saturated heterocycles. The Morgan fingerprint density at radius 3 is 2.77 bits per heavy atom. The minimum absolute atomic E-state index is 0.257. The minimum Gasteiger partial charge on any atom is -0.473 e. The van der Waals surface area contributed by atoms with E-state index in [1.807, 2.05) is 30.3 Å². The molecule has 1 rings (SSSR count). The van der Waals surface area contributed by atoms with E-state index in [1.165, 1.54) is 7.11 Å². The van der Waals surface area contributed by atoms with Gasteiger partial charge in [0.1, 0.15) is 0 Å². The Morgan fingerprint density at radius 1 is 1.46 bits per heavy atom. The summed E-state index contributed by atoms with van der Waals surface area (Å²) in [7, 11) is 1.49. The molecule has 0 bridgehead atoms. The molecule has 4 heteroatoms. The number of ether oxygens (including phenoxy) is 1. The van der Waals surface area contributed by atoms with Crippen LogP contribution in [0.3, 0.4) is 0 Å². The first-order valence-electron chi connectivity index (χ1n) is 3.75. The highest BCUT2D eigenvalue weighted by Crippen LogP contribution is 1.92. The maximum Gasteiger partial charge on any atom is 0.277 e. The zero-order valence-corrected chi connectivity index (χ0v) is 8.04. The number of thiocarbonyl (C=S) groups is 1. The van der Waals surface area contributed by atoms with Gasteiger partial charge < -0.3 is 4.74 Å². The van der Waals surface area contributed by atoms with Crippen molar-refractivity contribution in [3.63, 3.8) is 0 Å². The average Bonchev–Trinajstić information content (AvgIpc) is 2.19. The van der Waals surface area contributed by atoms with Crippen LogP contribution in [0, 0.1) is 0 Å². The topological polar surface area (TPSA) is 33.6 Å². The molecule has 0 aliphatic rings. The smallest absolute Gasteiger partial charge is 0.277 e. The van der Waals surface area contributed by atoms with Gasteiger partial charge in [-0.2, -0.15) is 5.10 Å². The molecule has 3 nitrogen and oxygen atoms in total. The molecule has 13 heavy (non-hydrogen) atoms. The van der Waals surface area contributed by atoms with Gasteiger partial charge in [-0.25, -0.2) is 5.43 Å². The number of hydrazone groups is 1. The van der Waals surface area contributed by atoms with E-state index in [1.54, 1.807) is 6.21 Å². The van der Waals surface area contributed by atoms with Crippen molar-refractivity contribution in [2.45, 2.75) is 0 Å². The van der Waals surface area contributed by atoms with Crippen LogP contribution in [0.2, 0.25) is 0 Å². The predicted octanol–water partition coefficient (Wildman–Crippen LogP) is 1.54. The Hall–Kier alpha value is -1.42. The molecule has 0 fully saturated rings. The van der Waals surface area contributed by atoms with E-state index in [-0.39, 0.29) is 5.17 Å². The molecule has 0 atom stereocenters. The Balaban J connectivity index is 2.45. The van der Waals surface area contributed by atoms with Crippen LogP contribution in [-0.2, 0) is 4.74 Å². The monoisotopic (exact) mass is 194 g/mol. The van der Waals surface area contributed by atoms with E-state index in [4.69, 9.17) is 17.0 Å². The first-order valence-corrected chi connectivity index (χ1v) is 4.16. The van der Waals surface area contributed by atoms with Crippen molar-refractivity contribution in [1.82, 2.24) is 5.43 Å². The van der Waals surface area contributed by atoms with Gasteiger partial charge in [0.2, 0.25) is 0 Å². The first kappa shape index (κ1) is 9.67. The maximum atomic E-state index is 4.72. The van der Waals surface area contributed by atoms with E-state index in [2.05, 4.69) is 10.5 Å². The van der Waals surface area contributed by atoms with Crippen molar-refractivity contribution in [1.29, 1.82) is 0 Å². The number of nitrogens with zero attached hydrogens (tertiary/aromatic N) is 1. The molecule has 0 amide bonds. The molecule has 0 saturated carbocycles. The molecule has 0 heterocycles. The van der Waals surface area contributed by atoms with Gasteiger partial charge in [-0.3, -0.25) is 0 Å². The van der Waals surface area contributed by atoms with Crippen LogP contribution >= 0.6 is 12.2 Å². The summed E-state index contributed by atoms with van der Waals surface area (Å²) in [6, 6.07) is 9.72. The fourth-order valence-corrected chi connectivity index (χ4v) is 0.797. The van der Waals surface area contributed by atoms with Gasteiger partial charge in [-0.1, -0.05) is 30.3 Å². The third-order valence-corrected chi connectivity index (χ3v) is 1.61. The average molecular weight is 194 g/mol. The Morgan fingerprint density at radius 2 is 2.15 bits per heavy atom. The van der Waals surface area contributed by atoms with Crippen molar-refractivity contribution in [2.75, 3.05) is 7.11 Å². The lowest BCUT2D eigenvalue weighted by Crippen LogP contribution is -2.16. The number of hydrogen-bond donors (Lipinski definition) is 1. The van der Waals surface area contributed by atoms with E-state index in [0.717, 1.165) is 5.56 Å². The second-order valence-electron chi connectivity index (χ2n) is 2.27. The zero-order chi connectivity index (χ0) is 9.52. The van der Waals surface area contributed by atoms with Gasteiger partial charge in [-0.15, -0.1) is 0 Å². The van der Waals surface area contributed by atoms with Crippen LogP contribution in [0.1, 0.15) is 5.56 Å². The van der Waals surface area contributed by atoms with Crippen molar-refractivity contribution >= 4 is 23.6 Å². The molecule has 0 aliphatic carbocycles. The largest absolute Gasteiger partial charge is 0.473 e. The fraction of sp³-hybridized carbons (Fsp3) is 0.111. The van der Waals surface area contributed by atoms with Crippen molar-refractivity contribution in [2.24, 2.45) is 5.10 Å².